The number of pyridine rings is 1. The molecule has 6 nitrogen and oxygen atoms in total. The van der Waals surface area contributed by atoms with Crippen LogP contribution in [0.25, 0.3) is 20.4 Å². The maximum Gasteiger partial charge on any atom is 0.136 e. The molecular formula is C22H26N4O2S2. The zero-order valence-electron chi connectivity index (χ0n) is 17.7. The molecule has 0 aromatic carbocycles. The topological polar surface area (TPSA) is 60.4 Å². The normalized spacial score (nSPS) is 18.7. The molecule has 0 saturated carbocycles. The standard InChI is InChI=1S/C22H26N4O2S2/c1-13(2)11-29-21-18-17(23-12-24-21)16-14-9-22(3,4)28-10-15(14)19(25-20(16)30-18)26-5-7-27-8-6-26/h12H,1,5-11H2,2-4H3. The first-order valence-electron chi connectivity index (χ1n) is 10.3. The summed E-state index contributed by atoms with van der Waals surface area (Å²) in [4.78, 5) is 17.8. The van der Waals surface area contributed by atoms with Gasteiger partial charge in [-0.15, -0.1) is 23.1 Å². The van der Waals surface area contributed by atoms with Gasteiger partial charge in [0.2, 0.25) is 0 Å². The van der Waals surface area contributed by atoms with Crippen molar-refractivity contribution < 1.29 is 9.47 Å². The van der Waals surface area contributed by atoms with E-state index in [9.17, 15) is 0 Å². The summed E-state index contributed by atoms with van der Waals surface area (Å²) in [5, 5.41) is 2.19. The minimum atomic E-state index is -0.206. The Morgan fingerprint density at radius 1 is 1.27 bits per heavy atom. The maximum absolute atomic E-state index is 6.21. The molecule has 5 heterocycles. The summed E-state index contributed by atoms with van der Waals surface area (Å²) >= 11 is 3.43. The minimum absolute atomic E-state index is 0.206. The van der Waals surface area contributed by atoms with Crippen LogP contribution in [0.1, 0.15) is 31.9 Å². The molecule has 0 unspecified atom stereocenters. The van der Waals surface area contributed by atoms with E-state index in [0.717, 1.165) is 69.9 Å². The van der Waals surface area contributed by atoms with Crippen LogP contribution in [0, 0.1) is 0 Å². The van der Waals surface area contributed by atoms with Crippen LogP contribution < -0.4 is 4.90 Å². The van der Waals surface area contributed by atoms with E-state index < -0.39 is 0 Å². The van der Waals surface area contributed by atoms with E-state index in [1.807, 2.05) is 6.92 Å². The number of hydrogen-bond donors (Lipinski definition) is 0. The van der Waals surface area contributed by atoms with Crippen LogP contribution in [-0.4, -0.2) is 52.6 Å². The average molecular weight is 443 g/mol. The van der Waals surface area contributed by atoms with Crippen molar-refractivity contribution in [3.63, 3.8) is 0 Å². The molecule has 0 spiro atoms. The van der Waals surface area contributed by atoms with Crippen molar-refractivity contribution in [3.05, 3.63) is 29.6 Å². The fraction of sp³-hybridized carbons (Fsp3) is 0.500. The fourth-order valence-corrected chi connectivity index (χ4v) is 6.17. The Hall–Kier alpha value is -1.74. The Kier molecular flexibility index (Phi) is 5.21. The number of ether oxygens (including phenoxy) is 2. The first-order valence-corrected chi connectivity index (χ1v) is 12.1. The first-order chi connectivity index (χ1) is 14.4. The molecule has 0 bridgehead atoms. The lowest BCUT2D eigenvalue weighted by atomic mass is 9.90. The molecule has 3 aromatic rings. The smallest absolute Gasteiger partial charge is 0.136 e. The van der Waals surface area contributed by atoms with Gasteiger partial charge in [-0.25, -0.2) is 15.0 Å². The highest BCUT2D eigenvalue weighted by atomic mass is 32.2. The number of nitrogens with zero attached hydrogens (tertiary/aromatic N) is 4. The number of thiophene rings is 1. The SMILES string of the molecule is C=C(C)CSc1ncnc2c1sc1nc(N3CCOCC3)c3c(c12)CC(C)(C)OC3. The average Bonchev–Trinajstić information content (AvgIpc) is 3.11. The molecule has 2 aliphatic heterocycles. The molecule has 0 amide bonds. The van der Waals surface area contributed by atoms with Gasteiger partial charge in [0.1, 0.15) is 22.0 Å². The van der Waals surface area contributed by atoms with Crippen LogP contribution in [0.2, 0.25) is 0 Å². The van der Waals surface area contributed by atoms with E-state index in [1.54, 1.807) is 29.4 Å². The predicted molar refractivity (Wildman–Crippen MR) is 124 cm³/mol. The highest BCUT2D eigenvalue weighted by molar-refractivity contribution is 7.99. The van der Waals surface area contributed by atoms with Crippen LogP contribution in [-0.2, 0) is 22.5 Å². The Morgan fingerprint density at radius 3 is 2.83 bits per heavy atom. The van der Waals surface area contributed by atoms with Crippen LogP contribution in [0.4, 0.5) is 5.82 Å². The van der Waals surface area contributed by atoms with Crippen LogP contribution in [0.5, 0.6) is 0 Å². The van der Waals surface area contributed by atoms with Gasteiger partial charge in [-0.3, -0.25) is 0 Å². The number of hydrogen-bond acceptors (Lipinski definition) is 8. The van der Waals surface area contributed by atoms with Gasteiger partial charge >= 0.3 is 0 Å². The molecule has 0 atom stereocenters. The van der Waals surface area contributed by atoms with Gasteiger partial charge in [-0.05, 0) is 26.3 Å². The number of anilines is 1. The second kappa shape index (κ2) is 7.75. The van der Waals surface area contributed by atoms with Crippen molar-refractivity contribution >= 4 is 49.3 Å². The van der Waals surface area contributed by atoms with Gasteiger partial charge in [0, 0.05) is 36.2 Å². The Morgan fingerprint density at radius 2 is 2.07 bits per heavy atom. The molecule has 5 rings (SSSR count). The molecule has 0 radical (unpaired) electrons. The molecule has 8 heteroatoms. The van der Waals surface area contributed by atoms with Crippen molar-refractivity contribution in [2.45, 2.75) is 44.4 Å². The zero-order valence-corrected chi connectivity index (χ0v) is 19.3. The van der Waals surface area contributed by atoms with Gasteiger partial charge in [-0.2, -0.15) is 0 Å². The largest absolute Gasteiger partial charge is 0.378 e. The molecule has 158 valence electrons. The minimum Gasteiger partial charge on any atom is -0.378 e. The van der Waals surface area contributed by atoms with Gasteiger partial charge in [0.25, 0.3) is 0 Å². The second-order valence-electron chi connectivity index (χ2n) is 8.60. The van der Waals surface area contributed by atoms with Gasteiger partial charge in [-0.1, -0.05) is 12.2 Å². The van der Waals surface area contributed by atoms with Crippen LogP contribution >= 0.6 is 23.1 Å². The number of aromatic nitrogens is 3. The lowest BCUT2D eigenvalue weighted by Crippen LogP contribution is -2.39. The van der Waals surface area contributed by atoms with Gasteiger partial charge < -0.3 is 14.4 Å². The van der Waals surface area contributed by atoms with E-state index in [2.05, 4.69) is 30.3 Å². The van der Waals surface area contributed by atoms with E-state index in [1.165, 1.54) is 16.5 Å². The molecule has 3 aromatic heterocycles. The summed E-state index contributed by atoms with van der Waals surface area (Å²) in [6.45, 7) is 14.2. The van der Waals surface area contributed by atoms with Crippen LogP contribution in [0.15, 0.2) is 23.5 Å². The summed E-state index contributed by atoms with van der Waals surface area (Å²) < 4.78 is 12.9. The maximum atomic E-state index is 6.21. The third-order valence-electron chi connectivity index (χ3n) is 5.54. The number of thioether (sulfide) groups is 1. The number of rotatable bonds is 4. The van der Waals surface area contributed by atoms with Gasteiger partial charge in [0.15, 0.2) is 0 Å². The number of fused-ring (bicyclic) bond motifs is 5. The summed E-state index contributed by atoms with van der Waals surface area (Å²) in [6, 6.07) is 0. The highest BCUT2D eigenvalue weighted by Gasteiger charge is 2.33. The van der Waals surface area contributed by atoms with Crippen molar-refractivity contribution in [1.82, 2.24) is 15.0 Å². The molecular weight excluding hydrogens is 416 g/mol. The van der Waals surface area contributed by atoms with Crippen molar-refractivity contribution in [2.75, 3.05) is 37.0 Å². The summed E-state index contributed by atoms with van der Waals surface area (Å²) in [7, 11) is 0. The zero-order chi connectivity index (χ0) is 20.9. The molecule has 0 N–H and O–H groups in total. The third-order valence-corrected chi connectivity index (χ3v) is 7.97. The lowest BCUT2D eigenvalue weighted by Gasteiger charge is -2.36. The molecule has 0 aliphatic carbocycles. The summed E-state index contributed by atoms with van der Waals surface area (Å²) in [6.07, 6.45) is 2.53. The van der Waals surface area contributed by atoms with E-state index in [0.29, 0.717) is 6.61 Å². The van der Waals surface area contributed by atoms with Crippen molar-refractivity contribution in [3.8, 4) is 0 Å². The van der Waals surface area contributed by atoms with Crippen molar-refractivity contribution in [1.29, 1.82) is 0 Å². The fourth-order valence-electron chi connectivity index (χ4n) is 4.10. The number of morpholine rings is 1. The van der Waals surface area contributed by atoms with Gasteiger partial charge in [0.05, 0.1) is 35.6 Å². The highest BCUT2D eigenvalue weighted by Crippen LogP contribution is 2.44. The van der Waals surface area contributed by atoms with E-state index >= 15 is 0 Å². The Labute approximate surface area is 184 Å². The summed E-state index contributed by atoms with van der Waals surface area (Å²) in [5.41, 5.74) is 4.49. The monoisotopic (exact) mass is 442 g/mol. The Balaban J connectivity index is 1.73. The lowest BCUT2D eigenvalue weighted by molar-refractivity contribution is -0.0396. The second-order valence-corrected chi connectivity index (χ2v) is 10.6. The summed E-state index contributed by atoms with van der Waals surface area (Å²) in [5.74, 6) is 1.90. The van der Waals surface area contributed by atoms with Crippen LogP contribution in [0.3, 0.4) is 0 Å². The van der Waals surface area contributed by atoms with Crippen molar-refractivity contribution in [2.24, 2.45) is 0 Å². The quantitative estimate of drug-likeness (QED) is 0.333. The molecule has 2 aliphatic rings. The van der Waals surface area contributed by atoms with E-state index in [4.69, 9.17) is 19.4 Å². The molecule has 1 fully saturated rings. The molecule has 30 heavy (non-hydrogen) atoms. The predicted octanol–water partition coefficient (Wildman–Crippen LogP) is 4.60. The third kappa shape index (κ3) is 3.60. The first kappa shape index (κ1) is 20.2. The molecule has 1 saturated heterocycles. The van der Waals surface area contributed by atoms with E-state index in [-0.39, 0.29) is 5.60 Å². The Bertz CT molecular complexity index is 1140.